The molecule has 0 amide bonds. The van der Waals surface area contributed by atoms with Gasteiger partial charge in [0.25, 0.3) is 0 Å². The molecular weight excluding hydrogens is 286 g/mol. The molecule has 0 saturated heterocycles. The predicted molar refractivity (Wildman–Crippen MR) is 79.3 cm³/mol. The first-order chi connectivity index (χ1) is 10.5. The Morgan fingerprint density at radius 3 is 2.64 bits per heavy atom. The number of nitrogens with zero attached hydrogens (tertiary/aromatic N) is 1. The maximum atomic E-state index is 13.7. The van der Waals surface area contributed by atoms with Gasteiger partial charge in [-0.05, 0) is 25.1 Å². The lowest BCUT2D eigenvalue weighted by atomic mass is 10.1. The van der Waals surface area contributed by atoms with Gasteiger partial charge in [0.2, 0.25) is 0 Å². The fourth-order valence-corrected chi connectivity index (χ4v) is 2.19. The summed E-state index contributed by atoms with van der Waals surface area (Å²) in [5, 5.41) is 12.0. The van der Waals surface area contributed by atoms with E-state index < -0.39 is 11.6 Å². The Morgan fingerprint density at radius 2 is 2.00 bits per heavy atom. The number of hydrogen-bond donors (Lipinski definition) is 1. The summed E-state index contributed by atoms with van der Waals surface area (Å²) < 4.78 is 31.9. The summed E-state index contributed by atoms with van der Waals surface area (Å²) in [5.41, 5.74) is 1.77. The average Bonchev–Trinajstić information content (AvgIpc) is 2.52. The van der Waals surface area contributed by atoms with Gasteiger partial charge >= 0.3 is 0 Å². The largest absolute Gasteiger partial charge is 0.496 e. The molecule has 3 nitrogen and oxygen atoms in total. The van der Waals surface area contributed by atoms with Crippen molar-refractivity contribution < 1.29 is 13.5 Å². The van der Waals surface area contributed by atoms with Crippen LogP contribution >= 0.6 is 0 Å². The first-order valence-electron chi connectivity index (χ1n) is 6.80. The molecule has 0 bridgehead atoms. The molecule has 0 unspecified atom stereocenters. The Bertz CT molecular complexity index is 710. The predicted octanol–water partition coefficient (Wildman–Crippen LogP) is 3.70. The van der Waals surface area contributed by atoms with Crippen LogP contribution in [0.4, 0.5) is 8.78 Å². The first kappa shape index (κ1) is 15.9. The minimum Gasteiger partial charge on any atom is -0.496 e. The van der Waals surface area contributed by atoms with Crippen molar-refractivity contribution in [2.45, 2.75) is 19.5 Å². The molecule has 0 spiro atoms. The molecule has 0 heterocycles. The Hall–Kier alpha value is -2.45. The van der Waals surface area contributed by atoms with Crippen molar-refractivity contribution in [1.29, 1.82) is 5.26 Å². The third-order valence-corrected chi connectivity index (χ3v) is 3.44. The molecule has 1 atom stereocenters. The van der Waals surface area contributed by atoms with Crippen molar-refractivity contribution in [2.24, 2.45) is 0 Å². The maximum absolute atomic E-state index is 13.7. The number of nitrogens with one attached hydrogen (secondary N) is 1. The molecule has 0 aliphatic carbocycles. The van der Waals surface area contributed by atoms with Gasteiger partial charge in [-0.1, -0.05) is 12.1 Å². The van der Waals surface area contributed by atoms with E-state index in [0.29, 0.717) is 23.4 Å². The zero-order valence-electron chi connectivity index (χ0n) is 12.4. The van der Waals surface area contributed by atoms with E-state index >= 15 is 0 Å². The Balaban J connectivity index is 2.11. The lowest BCUT2D eigenvalue weighted by molar-refractivity contribution is 0.405. The third-order valence-electron chi connectivity index (χ3n) is 3.44. The zero-order valence-corrected chi connectivity index (χ0v) is 12.4. The van der Waals surface area contributed by atoms with Crippen LogP contribution in [0.1, 0.15) is 29.7 Å². The smallest absolute Gasteiger partial charge is 0.130 e. The number of benzene rings is 2. The van der Waals surface area contributed by atoms with Gasteiger partial charge < -0.3 is 10.1 Å². The minimum absolute atomic E-state index is 0.291. The summed E-state index contributed by atoms with van der Waals surface area (Å²) in [4.78, 5) is 0. The summed E-state index contributed by atoms with van der Waals surface area (Å²) in [7, 11) is 1.53. The standard InChI is InChI=1S/C17H16F2N2O/c1-11(15-6-5-14(18)8-16(15)19)21-10-13-4-3-12(9-20)7-17(13)22-2/h3-8,11,21H,10H2,1-2H3/t11-/m0/s1. The van der Waals surface area contributed by atoms with E-state index in [1.54, 1.807) is 25.1 Å². The van der Waals surface area contributed by atoms with Crippen molar-refractivity contribution in [3.63, 3.8) is 0 Å². The number of methoxy groups -OCH3 is 1. The SMILES string of the molecule is COc1cc(C#N)ccc1CN[C@@H](C)c1ccc(F)cc1F. The van der Waals surface area contributed by atoms with Crippen molar-refractivity contribution in [2.75, 3.05) is 7.11 Å². The van der Waals surface area contributed by atoms with Gasteiger partial charge in [-0.25, -0.2) is 8.78 Å². The fourth-order valence-electron chi connectivity index (χ4n) is 2.19. The number of ether oxygens (including phenoxy) is 1. The molecule has 0 fully saturated rings. The number of hydrogen-bond acceptors (Lipinski definition) is 3. The van der Waals surface area contributed by atoms with Gasteiger partial charge in [-0.15, -0.1) is 0 Å². The van der Waals surface area contributed by atoms with Crippen molar-refractivity contribution in [3.05, 3.63) is 64.7 Å². The van der Waals surface area contributed by atoms with Crippen molar-refractivity contribution >= 4 is 0 Å². The van der Waals surface area contributed by atoms with Crippen LogP contribution in [0.2, 0.25) is 0 Å². The van der Waals surface area contributed by atoms with Gasteiger partial charge in [0, 0.05) is 29.8 Å². The van der Waals surface area contributed by atoms with E-state index in [-0.39, 0.29) is 6.04 Å². The molecule has 1 N–H and O–H groups in total. The molecular formula is C17H16F2N2O. The first-order valence-corrected chi connectivity index (χ1v) is 6.80. The van der Waals surface area contributed by atoms with Gasteiger partial charge in [0.05, 0.1) is 18.7 Å². The maximum Gasteiger partial charge on any atom is 0.130 e. The molecule has 2 rings (SSSR count). The summed E-state index contributed by atoms with van der Waals surface area (Å²) in [6.45, 7) is 2.24. The van der Waals surface area contributed by atoms with Crippen molar-refractivity contribution in [1.82, 2.24) is 5.32 Å². The molecule has 2 aromatic rings. The van der Waals surface area contributed by atoms with Crippen LogP contribution in [0.15, 0.2) is 36.4 Å². The summed E-state index contributed by atoms with van der Waals surface area (Å²) in [6, 6.07) is 10.4. The molecule has 0 radical (unpaired) electrons. The van der Waals surface area contributed by atoms with Crippen LogP contribution in [0.25, 0.3) is 0 Å². The zero-order chi connectivity index (χ0) is 16.1. The van der Waals surface area contributed by atoms with E-state index in [2.05, 4.69) is 5.32 Å². The fraction of sp³-hybridized carbons (Fsp3) is 0.235. The van der Waals surface area contributed by atoms with Crippen LogP contribution in [-0.2, 0) is 6.54 Å². The highest BCUT2D eigenvalue weighted by Gasteiger charge is 2.12. The second kappa shape index (κ2) is 7.01. The van der Waals surface area contributed by atoms with Crippen LogP contribution in [-0.4, -0.2) is 7.11 Å². The summed E-state index contributed by atoms with van der Waals surface area (Å²) in [5.74, 6) is -0.577. The van der Waals surface area contributed by atoms with Crippen LogP contribution in [0, 0.1) is 23.0 Å². The highest BCUT2D eigenvalue weighted by atomic mass is 19.1. The number of rotatable bonds is 5. The Morgan fingerprint density at radius 1 is 1.23 bits per heavy atom. The quantitative estimate of drug-likeness (QED) is 0.916. The van der Waals surface area contributed by atoms with Crippen LogP contribution in [0.3, 0.4) is 0 Å². The molecule has 2 aromatic carbocycles. The molecule has 5 heteroatoms. The molecule has 114 valence electrons. The monoisotopic (exact) mass is 302 g/mol. The molecule has 0 saturated carbocycles. The van der Waals surface area contributed by atoms with Gasteiger partial charge in [-0.2, -0.15) is 5.26 Å². The summed E-state index contributed by atoms with van der Waals surface area (Å²) >= 11 is 0. The second-order valence-electron chi connectivity index (χ2n) is 4.91. The summed E-state index contributed by atoms with van der Waals surface area (Å²) in [6.07, 6.45) is 0. The molecule has 22 heavy (non-hydrogen) atoms. The lowest BCUT2D eigenvalue weighted by Crippen LogP contribution is -2.19. The van der Waals surface area contributed by atoms with Crippen molar-refractivity contribution in [3.8, 4) is 11.8 Å². The van der Waals surface area contributed by atoms with E-state index in [0.717, 1.165) is 11.6 Å². The van der Waals surface area contributed by atoms with Crippen LogP contribution in [0.5, 0.6) is 5.75 Å². The van der Waals surface area contributed by atoms with E-state index in [1.807, 2.05) is 6.07 Å². The number of halogens is 2. The Labute approximate surface area is 128 Å². The minimum atomic E-state index is -0.595. The third kappa shape index (κ3) is 3.60. The molecule has 0 aliphatic heterocycles. The second-order valence-corrected chi connectivity index (χ2v) is 4.91. The molecule has 0 aromatic heterocycles. The highest BCUT2D eigenvalue weighted by molar-refractivity contribution is 5.42. The molecule has 0 aliphatic rings. The van der Waals surface area contributed by atoms with Gasteiger partial charge in [0.1, 0.15) is 17.4 Å². The number of nitriles is 1. The Kier molecular flexibility index (Phi) is 5.08. The lowest BCUT2D eigenvalue weighted by Gasteiger charge is -2.16. The van der Waals surface area contributed by atoms with Gasteiger partial charge in [0.15, 0.2) is 0 Å². The highest BCUT2D eigenvalue weighted by Crippen LogP contribution is 2.22. The normalized spacial score (nSPS) is 11.8. The topological polar surface area (TPSA) is 45.0 Å². The van der Waals surface area contributed by atoms with Crippen LogP contribution < -0.4 is 10.1 Å². The van der Waals surface area contributed by atoms with Gasteiger partial charge in [-0.3, -0.25) is 0 Å². The van der Waals surface area contributed by atoms with E-state index in [4.69, 9.17) is 10.00 Å². The average molecular weight is 302 g/mol. The van der Waals surface area contributed by atoms with E-state index in [1.165, 1.54) is 19.2 Å². The van der Waals surface area contributed by atoms with E-state index in [9.17, 15) is 8.78 Å².